The molecule has 1 saturated heterocycles. The van der Waals surface area contributed by atoms with Crippen LogP contribution in [0.2, 0.25) is 0 Å². The molecule has 2 heterocycles. The molecule has 1 aromatic heterocycles. The fourth-order valence-corrected chi connectivity index (χ4v) is 3.47. The molecule has 1 fully saturated rings. The van der Waals surface area contributed by atoms with E-state index in [1.54, 1.807) is 18.2 Å². The van der Waals surface area contributed by atoms with E-state index < -0.39 is 11.6 Å². The molecule has 4 nitrogen and oxygen atoms in total. The molecule has 0 saturated carbocycles. The van der Waals surface area contributed by atoms with Gasteiger partial charge in [-0.05, 0) is 48.2 Å². The van der Waals surface area contributed by atoms with Gasteiger partial charge in [0.1, 0.15) is 11.6 Å². The number of amides is 1. The lowest BCUT2D eigenvalue weighted by Crippen LogP contribution is -2.29. The molecule has 1 amide bonds. The normalized spacial score (nSPS) is 17.2. The van der Waals surface area contributed by atoms with Crippen molar-refractivity contribution in [1.82, 2.24) is 9.88 Å². The Labute approximate surface area is 149 Å². The van der Waals surface area contributed by atoms with Crippen LogP contribution in [0.1, 0.15) is 38.1 Å². The molecular formula is C20H18F2N2O2. The molecule has 3 aromatic rings. The van der Waals surface area contributed by atoms with Gasteiger partial charge in [0.05, 0.1) is 0 Å². The summed E-state index contributed by atoms with van der Waals surface area (Å²) in [5, 5.41) is 0. The molecule has 4 rings (SSSR count). The zero-order valence-electron chi connectivity index (χ0n) is 14.3. The van der Waals surface area contributed by atoms with E-state index in [0.717, 1.165) is 37.1 Å². The van der Waals surface area contributed by atoms with E-state index in [-0.39, 0.29) is 11.9 Å². The van der Waals surface area contributed by atoms with Gasteiger partial charge in [0, 0.05) is 13.0 Å². The van der Waals surface area contributed by atoms with Gasteiger partial charge in [-0.25, -0.2) is 13.8 Å². The second kappa shape index (κ2) is 6.52. The fraction of sp³-hybridized carbons (Fsp3) is 0.300. The summed E-state index contributed by atoms with van der Waals surface area (Å²) in [6.45, 7) is 2.56. The van der Waals surface area contributed by atoms with Crippen LogP contribution in [0, 0.1) is 11.6 Å². The molecule has 0 N–H and O–H groups in total. The van der Waals surface area contributed by atoms with Crippen molar-refractivity contribution in [3.05, 3.63) is 53.9 Å². The molecule has 134 valence electrons. The summed E-state index contributed by atoms with van der Waals surface area (Å²) in [6.07, 6.45) is 2.21. The number of carbonyl (C=O) groups excluding carboxylic acids is 1. The highest BCUT2D eigenvalue weighted by Gasteiger charge is 2.32. The Hall–Kier alpha value is -2.76. The molecule has 0 spiro atoms. The van der Waals surface area contributed by atoms with Crippen molar-refractivity contribution >= 4 is 17.0 Å². The predicted octanol–water partition coefficient (Wildman–Crippen LogP) is 4.85. The quantitative estimate of drug-likeness (QED) is 0.674. The van der Waals surface area contributed by atoms with Gasteiger partial charge in [0.2, 0.25) is 11.8 Å². The van der Waals surface area contributed by atoms with Crippen LogP contribution < -0.4 is 0 Å². The van der Waals surface area contributed by atoms with Crippen LogP contribution in [0.15, 0.2) is 40.8 Å². The number of fused-ring (bicyclic) bond motifs is 1. The van der Waals surface area contributed by atoms with Gasteiger partial charge in [0.15, 0.2) is 17.2 Å². The average Bonchev–Trinajstić information content (AvgIpc) is 3.28. The summed E-state index contributed by atoms with van der Waals surface area (Å²) in [7, 11) is 0. The first-order chi connectivity index (χ1) is 12.6. The van der Waals surface area contributed by atoms with Crippen LogP contribution in [0.5, 0.6) is 0 Å². The smallest absolute Gasteiger partial charge is 0.222 e. The van der Waals surface area contributed by atoms with E-state index in [4.69, 9.17) is 4.42 Å². The van der Waals surface area contributed by atoms with Crippen molar-refractivity contribution in [3.8, 4) is 11.1 Å². The summed E-state index contributed by atoms with van der Waals surface area (Å²) < 4.78 is 32.5. The molecule has 6 heteroatoms. The minimum absolute atomic E-state index is 0.0947. The zero-order valence-corrected chi connectivity index (χ0v) is 14.3. The Morgan fingerprint density at radius 1 is 1.19 bits per heavy atom. The number of hydrogen-bond donors (Lipinski definition) is 0. The van der Waals surface area contributed by atoms with Crippen LogP contribution in [0.4, 0.5) is 8.78 Å². The third kappa shape index (κ3) is 2.85. The Morgan fingerprint density at radius 2 is 1.96 bits per heavy atom. The molecule has 2 aromatic carbocycles. The van der Waals surface area contributed by atoms with Crippen LogP contribution >= 0.6 is 0 Å². The highest BCUT2D eigenvalue weighted by molar-refractivity contribution is 5.81. The summed E-state index contributed by atoms with van der Waals surface area (Å²) in [6, 6.07) is 9.00. The standard InChI is InChI=1S/C20H18F2N2O2/c1-2-19(25)24-9-3-4-17(24)20-23-16-11-13(6-8-18(16)26-20)12-5-7-14(21)15(22)10-12/h5-8,10-11,17H,2-4,9H2,1H3/t17-/m0/s1. The molecular weight excluding hydrogens is 338 g/mol. The van der Waals surface area contributed by atoms with Crippen LogP contribution in [0.25, 0.3) is 22.2 Å². The molecule has 0 bridgehead atoms. The topological polar surface area (TPSA) is 46.3 Å². The Kier molecular flexibility index (Phi) is 4.18. The first-order valence-corrected chi connectivity index (χ1v) is 8.72. The van der Waals surface area contributed by atoms with Crippen molar-refractivity contribution in [2.45, 2.75) is 32.2 Å². The van der Waals surface area contributed by atoms with Crippen molar-refractivity contribution in [1.29, 1.82) is 0 Å². The van der Waals surface area contributed by atoms with Gasteiger partial charge in [-0.15, -0.1) is 0 Å². The minimum atomic E-state index is -0.886. The van der Waals surface area contributed by atoms with E-state index in [1.807, 2.05) is 11.8 Å². The van der Waals surface area contributed by atoms with E-state index in [2.05, 4.69) is 4.98 Å². The number of oxazole rings is 1. The highest BCUT2D eigenvalue weighted by atomic mass is 19.2. The van der Waals surface area contributed by atoms with Gasteiger partial charge in [-0.1, -0.05) is 19.1 Å². The lowest BCUT2D eigenvalue weighted by Gasteiger charge is -2.21. The summed E-state index contributed by atoms with van der Waals surface area (Å²) in [5.74, 6) is -1.14. The van der Waals surface area contributed by atoms with Crippen LogP contribution in [-0.2, 0) is 4.79 Å². The number of halogens is 2. The molecule has 1 aliphatic rings. The highest BCUT2D eigenvalue weighted by Crippen LogP contribution is 2.34. The summed E-state index contributed by atoms with van der Waals surface area (Å²) >= 11 is 0. The summed E-state index contributed by atoms with van der Waals surface area (Å²) in [5.41, 5.74) is 2.54. The zero-order chi connectivity index (χ0) is 18.3. The van der Waals surface area contributed by atoms with E-state index in [1.165, 1.54) is 6.07 Å². The maximum Gasteiger partial charge on any atom is 0.222 e. The number of likely N-dealkylation sites (tertiary alicyclic amines) is 1. The Balaban J connectivity index is 1.70. The SMILES string of the molecule is CCC(=O)N1CCC[C@H]1c1nc2cc(-c3ccc(F)c(F)c3)ccc2o1. The lowest BCUT2D eigenvalue weighted by molar-refractivity contribution is -0.132. The third-order valence-electron chi connectivity index (χ3n) is 4.82. The van der Waals surface area contributed by atoms with Crippen molar-refractivity contribution < 1.29 is 18.0 Å². The maximum absolute atomic E-state index is 13.5. The van der Waals surface area contributed by atoms with Crippen molar-refractivity contribution in [2.24, 2.45) is 0 Å². The molecule has 0 aliphatic carbocycles. The molecule has 1 aliphatic heterocycles. The van der Waals surface area contributed by atoms with Crippen LogP contribution in [0.3, 0.4) is 0 Å². The second-order valence-corrected chi connectivity index (χ2v) is 6.46. The lowest BCUT2D eigenvalue weighted by atomic mass is 10.1. The van der Waals surface area contributed by atoms with Crippen molar-refractivity contribution in [3.63, 3.8) is 0 Å². The maximum atomic E-state index is 13.5. The first kappa shape index (κ1) is 16.7. The number of rotatable bonds is 3. The molecule has 0 unspecified atom stereocenters. The van der Waals surface area contributed by atoms with E-state index in [0.29, 0.717) is 29.0 Å². The van der Waals surface area contributed by atoms with Gasteiger partial charge in [0.25, 0.3) is 0 Å². The van der Waals surface area contributed by atoms with E-state index in [9.17, 15) is 13.6 Å². The average molecular weight is 356 g/mol. The van der Waals surface area contributed by atoms with Crippen molar-refractivity contribution in [2.75, 3.05) is 6.54 Å². The van der Waals surface area contributed by atoms with Gasteiger partial charge >= 0.3 is 0 Å². The van der Waals surface area contributed by atoms with Gasteiger partial charge < -0.3 is 9.32 Å². The first-order valence-electron chi connectivity index (χ1n) is 8.72. The Morgan fingerprint density at radius 3 is 2.73 bits per heavy atom. The van der Waals surface area contributed by atoms with Crippen LogP contribution in [-0.4, -0.2) is 22.3 Å². The third-order valence-corrected chi connectivity index (χ3v) is 4.82. The van der Waals surface area contributed by atoms with Gasteiger partial charge in [-0.3, -0.25) is 4.79 Å². The largest absolute Gasteiger partial charge is 0.438 e. The number of aromatic nitrogens is 1. The minimum Gasteiger partial charge on any atom is -0.438 e. The number of nitrogens with zero attached hydrogens (tertiary/aromatic N) is 2. The monoisotopic (exact) mass is 356 g/mol. The number of hydrogen-bond acceptors (Lipinski definition) is 3. The predicted molar refractivity (Wildman–Crippen MR) is 93.3 cm³/mol. The second-order valence-electron chi connectivity index (χ2n) is 6.46. The molecule has 26 heavy (non-hydrogen) atoms. The molecule has 1 atom stereocenters. The van der Waals surface area contributed by atoms with E-state index >= 15 is 0 Å². The summed E-state index contributed by atoms with van der Waals surface area (Å²) in [4.78, 5) is 18.5. The Bertz CT molecular complexity index is 983. The fourth-order valence-electron chi connectivity index (χ4n) is 3.47. The van der Waals surface area contributed by atoms with Gasteiger partial charge in [-0.2, -0.15) is 0 Å². The number of benzene rings is 2. The molecule has 0 radical (unpaired) electrons. The number of carbonyl (C=O) groups is 1.